The number of rotatable bonds is 6. The van der Waals surface area contributed by atoms with Gasteiger partial charge in [-0.1, -0.05) is 6.92 Å². The molecule has 0 unspecified atom stereocenters. The molecule has 0 aliphatic rings. The highest BCUT2D eigenvalue weighted by Crippen LogP contribution is 1.75. The predicted octanol–water partition coefficient (Wildman–Crippen LogP) is 0.512. The first-order valence-corrected chi connectivity index (χ1v) is 4.22. The third kappa shape index (κ3) is 9.43. The molecule has 0 aromatic heterocycles. The standard InChI is InChI=1S/C8H18N2O/c1-3-5-9-6-4-7-10-8(2)11/h9H,3-7H2,1-2H3,(H,10,11). The van der Waals surface area contributed by atoms with E-state index in [0.29, 0.717) is 0 Å². The first-order chi connectivity index (χ1) is 5.27. The van der Waals surface area contributed by atoms with Crippen LogP contribution in [0.3, 0.4) is 0 Å². The van der Waals surface area contributed by atoms with Crippen molar-refractivity contribution >= 4 is 5.91 Å². The Hall–Kier alpha value is -0.570. The Morgan fingerprint density at radius 3 is 2.55 bits per heavy atom. The lowest BCUT2D eigenvalue weighted by Gasteiger charge is -2.02. The van der Waals surface area contributed by atoms with Crippen LogP contribution in [0, 0.1) is 0 Å². The Morgan fingerprint density at radius 2 is 2.00 bits per heavy atom. The fourth-order valence-corrected chi connectivity index (χ4v) is 0.780. The van der Waals surface area contributed by atoms with E-state index in [2.05, 4.69) is 17.6 Å². The van der Waals surface area contributed by atoms with Crippen molar-refractivity contribution in [1.82, 2.24) is 10.6 Å². The molecule has 0 heterocycles. The lowest BCUT2D eigenvalue weighted by Crippen LogP contribution is -2.25. The zero-order valence-corrected chi connectivity index (χ0v) is 7.44. The zero-order valence-electron chi connectivity index (χ0n) is 7.44. The van der Waals surface area contributed by atoms with E-state index in [1.807, 2.05) is 0 Å². The van der Waals surface area contributed by atoms with Crippen LogP contribution in [-0.2, 0) is 4.79 Å². The largest absolute Gasteiger partial charge is 0.356 e. The van der Waals surface area contributed by atoms with Crippen molar-refractivity contribution in [1.29, 1.82) is 0 Å². The van der Waals surface area contributed by atoms with Gasteiger partial charge in [0.05, 0.1) is 0 Å². The molecule has 0 spiro atoms. The van der Waals surface area contributed by atoms with Crippen molar-refractivity contribution in [2.45, 2.75) is 26.7 Å². The summed E-state index contributed by atoms with van der Waals surface area (Å²) < 4.78 is 0. The molecule has 0 saturated carbocycles. The fourth-order valence-electron chi connectivity index (χ4n) is 0.780. The third-order valence-corrected chi connectivity index (χ3v) is 1.33. The molecule has 0 fully saturated rings. The van der Waals surface area contributed by atoms with Gasteiger partial charge in [-0.3, -0.25) is 4.79 Å². The molecule has 0 aliphatic carbocycles. The molecular weight excluding hydrogens is 140 g/mol. The van der Waals surface area contributed by atoms with E-state index < -0.39 is 0 Å². The Kier molecular flexibility index (Phi) is 7.15. The lowest BCUT2D eigenvalue weighted by molar-refractivity contribution is -0.118. The highest BCUT2D eigenvalue weighted by molar-refractivity contribution is 5.72. The SMILES string of the molecule is CCCNCCCNC(C)=O. The van der Waals surface area contributed by atoms with Crippen molar-refractivity contribution < 1.29 is 4.79 Å². The van der Waals surface area contributed by atoms with Gasteiger partial charge in [0.2, 0.25) is 5.91 Å². The summed E-state index contributed by atoms with van der Waals surface area (Å²) in [6, 6.07) is 0. The number of carbonyl (C=O) groups excluding carboxylic acids is 1. The van der Waals surface area contributed by atoms with Gasteiger partial charge in [0.25, 0.3) is 0 Å². The quantitative estimate of drug-likeness (QED) is 0.553. The molecule has 2 N–H and O–H groups in total. The molecule has 0 atom stereocenters. The second kappa shape index (κ2) is 7.54. The monoisotopic (exact) mass is 158 g/mol. The Bertz CT molecular complexity index is 104. The first-order valence-electron chi connectivity index (χ1n) is 4.22. The van der Waals surface area contributed by atoms with Crippen molar-refractivity contribution in [3.8, 4) is 0 Å². The van der Waals surface area contributed by atoms with Gasteiger partial charge in [-0.25, -0.2) is 0 Å². The normalized spacial score (nSPS) is 9.64. The van der Waals surface area contributed by atoms with Crippen LogP contribution in [-0.4, -0.2) is 25.5 Å². The summed E-state index contributed by atoms with van der Waals surface area (Å²) in [5, 5.41) is 6.00. The van der Waals surface area contributed by atoms with Crippen molar-refractivity contribution in [3.63, 3.8) is 0 Å². The van der Waals surface area contributed by atoms with E-state index in [9.17, 15) is 4.79 Å². The summed E-state index contributed by atoms with van der Waals surface area (Å²) in [6.07, 6.45) is 2.18. The molecule has 0 aliphatic heterocycles. The summed E-state index contributed by atoms with van der Waals surface area (Å²) in [6.45, 7) is 6.53. The molecule has 1 amide bonds. The molecular formula is C8H18N2O. The average molecular weight is 158 g/mol. The second-order valence-corrected chi connectivity index (χ2v) is 2.59. The van der Waals surface area contributed by atoms with Crippen LogP contribution in [0.25, 0.3) is 0 Å². The van der Waals surface area contributed by atoms with Gasteiger partial charge < -0.3 is 10.6 Å². The molecule has 0 rings (SSSR count). The van der Waals surface area contributed by atoms with Crippen LogP contribution in [0.15, 0.2) is 0 Å². The van der Waals surface area contributed by atoms with Gasteiger partial charge in [0.1, 0.15) is 0 Å². The van der Waals surface area contributed by atoms with Crippen LogP contribution < -0.4 is 10.6 Å². The predicted molar refractivity (Wildman–Crippen MR) is 46.5 cm³/mol. The van der Waals surface area contributed by atoms with Gasteiger partial charge in [0, 0.05) is 13.5 Å². The number of hydrogen-bond acceptors (Lipinski definition) is 2. The topological polar surface area (TPSA) is 41.1 Å². The minimum absolute atomic E-state index is 0.0560. The van der Waals surface area contributed by atoms with Gasteiger partial charge in [-0.05, 0) is 25.9 Å². The molecule has 3 nitrogen and oxygen atoms in total. The smallest absolute Gasteiger partial charge is 0.216 e. The van der Waals surface area contributed by atoms with Crippen LogP contribution >= 0.6 is 0 Å². The number of nitrogens with one attached hydrogen (secondary N) is 2. The molecule has 0 saturated heterocycles. The molecule has 0 aromatic rings. The first kappa shape index (κ1) is 10.4. The van der Waals surface area contributed by atoms with E-state index in [1.165, 1.54) is 6.42 Å². The Morgan fingerprint density at radius 1 is 1.27 bits per heavy atom. The maximum Gasteiger partial charge on any atom is 0.216 e. The van der Waals surface area contributed by atoms with E-state index in [4.69, 9.17) is 0 Å². The van der Waals surface area contributed by atoms with Crippen molar-refractivity contribution in [3.05, 3.63) is 0 Å². The van der Waals surface area contributed by atoms with E-state index in [-0.39, 0.29) is 5.91 Å². The van der Waals surface area contributed by atoms with Crippen LogP contribution in [0.2, 0.25) is 0 Å². The van der Waals surface area contributed by atoms with Gasteiger partial charge in [-0.2, -0.15) is 0 Å². The van der Waals surface area contributed by atoms with Crippen molar-refractivity contribution in [2.24, 2.45) is 0 Å². The van der Waals surface area contributed by atoms with Crippen LogP contribution in [0.1, 0.15) is 26.7 Å². The molecule has 0 bridgehead atoms. The second-order valence-electron chi connectivity index (χ2n) is 2.59. The van der Waals surface area contributed by atoms with E-state index in [1.54, 1.807) is 6.92 Å². The zero-order chi connectivity index (χ0) is 8.53. The molecule has 66 valence electrons. The maximum atomic E-state index is 10.4. The maximum absolute atomic E-state index is 10.4. The van der Waals surface area contributed by atoms with Gasteiger partial charge in [0.15, 0.2) is 0 Å². The lowest BCUT2D eigenvalue weighted by atomic mass is 10.4. The molecule has 0 aromatic carbocycles. The highest BCUT2D eigenvalue weighted by Gasteiger charge is 1.89. The summed E-state index contributed by atoms with van der Waals surface area (Å²) in [5.41, 5.74) is 0. The summed E-state index contributed by atoms with van der Waals surface area (Å²) in [5.74, 6) is 0.0560. The van der Waals surface area contributed by atoms with Gasteiger partial charge in [-0.15, -0.1) is 0 Å². The third-order valence-electron chi connectivity index (χ3n) is 1.33. The van der Waals surface area contributed by atoms with Crippen molar-refractivity contribution in [2.75, 3.05) is 19.6 Å². The minimum atomic E-state index is 0.0560. The minimum Gasteiger partial charge on any atom is -0.356 e. The van der Waals surface area contributed by atoms with E-state index in [0.717, 1.165) is 26.1 Å². The average Bonchev–Trinajstić information content (AvgIpc) is 1.96. The Balaban J connectivity index is 2.85. The van der Waals surface area contributed by atoms with Crippen LogP contribution in [0.4, 0.5) is 0 Å². The summed E-state index contributed by atoms with van der Waals surface area (Å²) >= 11 is 0. The van der Waals surface area contributed by atoms with E-state index >= 15 is 0 Å². The van der Waals surface area contributed by atoms with Gasteiger partial charge >= 0.3 is 0 Å². The fraction of sp³-hybridized carbons (Fsp3) is 0.875. The number of hydrogen-bond donors (Lipinski definition) is 2. The summed E-state index contributed by atoms with van der Waals surface area (Å²) in [4.78, 5) is 10.4. The molecule has 11 heavy (non-hydrogen) atoms. The highest BCUT2D eigenvalue weighted by atomic mass is 16.1. The summed E-state index contributed by atoms with van der Waals surface area (Å²) in [7, 11) is 0. The molecule has 3 heteroatoms. The Labute approximate surface area is 68.6 Å². The molecule has 0 radical (unpaired) electrons. The van der Waals surface area contributed by atoms with Crippen LogP contribution in [0.5, 0.6) is 0 Å². The number of amides is 1. The number of carbonyl (C=O) groups is 1.